The predicted octanol–water partition coefficient (Wildman–Crippen LogP) is 3.08. The zero-order chi connectivity index (χ0) is 14.2. The van der Waals surface area contributed by atoms with Crippen LogP contribution in [0.4, 0.5) is 0 Å². The molecule has 2 heterocycles. The van der Waals surface area contributed by atoms with E-state index < -0.39 is 0 Å². The molecule has 4 heteroatoms. The van der Waals surface area contributed by atoms with E-state index >= 15 is 0 Å². The quantitative estimate of drug-likeness (QED) is 0.920. The highest BCUT2D eigenvalue weighted by molar-refractivity contribution is 5.54. The van der Waals surface area contributed by atoms with Crippen LogP contribution in [0.1, 0.15) is 44.0 Å². The van der Waals surface area contributed by atoms with E-state index in [1.54, 1.807) is 0 Å². The van der Waals surface area contributed by atoms with Crippen LogP contribution in [0.2, 0.25) is 0 Å². The minimum Gasteiger partial charge on any atom is -0.304 e. The smallest absolute Gasteiger partial charge is 0.181 e. The van der Waals surface area contributed by atoms with Gasteiger partial charge in [0.25, 0.3) is 0 Å². The van der Waals surface area contributed by atoms with Crippen LogP contribution >= 0.6 is 0 Å². The van der Waals surface area contributed by atoms with Crippen LogP contribution < -0.4 is 5.32 Å². The van der Waals surface area contributed by atoms with E-state index in [-0.39, 0.29) is 0 Å². The van der Waals surface area contributed by atoms with E-state index in [0.717, 1.165) is 23.1 Å². The predicted molar refractivity (Wildman–Crippen MR) is 82.7 cm³/mol. The van der Waals surface area contributed by atoms with Gasteiger partial charge < -0.3 is 5.32 Å². The monoisotopic (exact) mass is 282 g/mol. The topological polar surface area (TPSA) is 42.7 Å². The molecule has 1 saturated carbocycles. The van der Waals surface area contributed by atoms with Gasteiger partial charge in [-0.2, -0.15) is 5.10 Å². The van der Waals surface area contributed by atoms with Gasteiger partial charge in [-0.1, -0.05) is 43.2 Å². The van der Waals surface area contributed by atoms with Crippen molar-refractivity contribution in [3.63, 3.8) is 0 Å². The molecule has 0 amide bonds. The average molecular weight is 282 g/mol. The van der Waals surface area contributed by atoms with Crippen molar-refractivity contribution >= 4 is 0 Å². The van der Waals surface area contributed by atoms with Gasteiger partial charge in [0.1, 0.15) is 5.82 Å². The fraction of sp³-hybridized carbons (Fsp3) is 0.529. The van der Waals surface area contributed by atoms with Gasteiger partial charge in [0.2, 0.25) is 0 Å². The molecule has 4 nitrogen and oxygen atoms in total. The van der Waals surface area contributed by atoms with Gasteiger partial charge in [-0.15, -0.1) is 0 Å². The summed E-state index contributed by atoms with van der Waals surface area (Å²) in [5, 5.41) is 8.40. The summed E-state index contributed by atoms with van der Waals surface area (Å²) in [5.41, 5.74) is 1.09. The first-order valence-electron chi connectivity index (χ1n) is 8.03. The maximum Gasteiger partial charge on any atom is 0.181 e. The molecule has 1 N–H and O–H groups in total. The second kappa shape index (κ2) is 5.26. The zero-order valence-electron chi connectivity index (χ0n) is 12.5. The maximum absolute atomic E-state index is 4.81. The number of aryl methyl sites for hydroxylation is 1. The first-order valence-corrected chi connectivity index (χ1v) is 8.03. The van der Waals surface area contributed by atoms with E-state index in [4.69, 9.17) is 4.98 Å². The highest BCUT2D eigenvalue weighted by Gasteiger charge is 2.37. The van der Waals surface area contributed by atoms with Crippen LogP contribution in [0.3, 0.4) is 0 Å². The van der Waals surface area contributed by atoms with E-state index in [1.807, 2.05) is 29.9 Å². The van der Waals surface area contributed by atoms with Gasteiger partial charge >= 0.3 is 0 Å². The Labute approximate surface area is 125 Å². The minimum atomic E-state index is 0.369. The third kappa shape index (κ3) is 2.38. The Morgan fingerprint density at radius 3 is 2.76 bits per heavy atom. The lowest BCUT2D eigenvalue weighted by atomic mass is 9.85. The highest BCUT2D eigenvalue weighted by atomic mass is 15.3. The van der Waals surface area contributed by atoms with E-state index in [9.17, 15) is 0 Å². The molecule has 0 spiro atoms. The van der Waals surface area contributed by atoms with Crippen LogP contribution in [0.25, 0.3) is 11.4 Å². The molecule has 2 fully saturated rings. The van der Waals surface area contributed by atoms with E-state index in [2.05, 4.69) is 22.5 Å². The molecule has 3 unspecified atom stereocenters. The molecule has 3 atom stereocenters. The standard InChI is InChI=1S/C17H22N4/c1-21-17(15-11-13-9-5-6-10-14(13)18-15)19-16(20-21)12-7-3-2-4-8-12/h2-4,7-8,13-15,18H,5-6,9-11H2,1H3. The number of hydrogen-bond acceptors (Lipinski definition) is 3. The molecule has 1 saturated heterocycles. The summed E-state index contributed by atoms with van der Waals surface area (Å²) in [6.07, 6.45) is 6.67. The Bertz CT molecular complexity index is 605. The summed E-state index contributed by atoms with van der Waals surface area (Å²) >= 11 is 0. The van der Waals surface area contributed by atoms with Gasteiger partial charge in [0.05, 0.1) is 6.04 Å². The summed E-state index contributed by atoms with van der Waals surface area (Å²) in [7, 11) is 2.01. The molecule has 2 aliphatic rings. The normalized spacial score (nSPS) is 28.5. The molecule has 2 aromatic rings. The van der Waals surface area contributed by atoms with Crippen molar-refractivity contribution in [2.75, 3.05) is 0 Å². The highest BCUT2D eigenvalue weighted by Crippen LogP contribution is 2.38. The van der Waals surface area contributed by atoms with Crippen LogP contribution in [-0.2, 0) is 7.05 Å². The van der Waals surface area contributed by atoms with Gasteiger partial charge in [-0.3, -0.25) is 4.68 Å². The zero-order valence-corrected chi connectivity index (χ0v) is 12.5. The molecule has 1 aliphatic heterocycles. The Hall–Kier alpha value is -1.68. The van der Waals surface area contributed by atoms with Crippen molar-refractivity contribution in [3.05, 3.63) is 36.2 Å². The number of nitrogens with one attached hydrogen (secondary N) is 1. The second-order valence-corrected chi connectivity index (χ2v) is 6.39. The molecule has 1 aromatic carbocycles. The number of fused-ring (bicyclic) bond motifs is 1. The van der Waals surface area contributed by atoms with Crippen molar-refractivity contribution < 1.29 is 0 Å². The van der Waals surface area contributed by atoms with Crippen molar-refractivity contribution in [3.8, 4) is 11.4 Å². The van der Waals surface area contributed by atoms with Crippen LogP contribution in [0.15, 0.2) is 30.3 Å². The Balaban J connectivity index is 1.60. The molecule has 110 valence electrons. The number of nitrogens with zero attached hydrogens (tertiary/aromatic N) is 3. The maximum atomic E-state index is 4.81. The average Bonchev–Trinajstić information content (AvgIpc) is 3.11. The van der Waals surface area contributed by atoms with Gasteiger partial charge in [-0.05, 0) is 25.2 Å². The van der Waals surface area contributed by atoms with Gasteiger partial charge in [0.15, 0.2) is 5.82 Å². The summed E-state index contributed by atoms with van der Waals surface area (Å²) in [4.78, 5) is 4.81. The largest absolute Gasteiger partial charge is 0.304 e. The lowest BCUT2D eigenvalue weighted by molar-refractivity contribution is 0.325. The van der Waals surface area contributed by atoms with E-state index in [0.29, 0.717) is 12.1 Å². The molecule has 0 radical (unpaired) electrons. The lowest BCUT2D eigenvalue weighted by Crippen LogP contribution is -2.31. The minimum absolute atomic E-state index is 0.369. The van der Waals surface area contributed by atoms with Crippen LogP contribution in [0, 0.1) is 5.92 Å². The van der Waals surface area contributed by atoms with Crippen molar-refractivity contribution in [1.82, 2.24) is 20.1 Å². The first-order chi connectivity index (χ1) is 10.3. The Morgan fingerprint density at radius 1 is 1.14 bits per heavy atom. The summed E-state index contributed by atoms with van der Waals surface area (Å²) in [6, 6.07) is 11.3. The van der Waals surface area contributed by atoms with Crippen molar-refractivity contribution in [1.29, 1.82) is 0 Å². The molecule has 1 aliphatic carbocycles. The van der Waals surface area contributed by atoms with Gasteiger partial charge in [0, 0.05) is 18.7 Å². The summed E-state index contributed by atoms with van der Waals surface area (Å²) in [6.45, 7) is 0. The molecular formula is C17H22N4. The second-order valence-electron chi connectivity index (χ2n) is 6.39. The van der Waals surface area contributed by atoms with Crippen LogP contribution in [-0.4, -0.2) is 20.8 Å². The fourth-order valence-corrected chi connectivity index (χ4v) is 3.93. The summed E-state index contributed by atoms with van der Waals surface area (Å²) in [5.74, 6) is 2.76. The van der Waals surface area contributed by atoms with Crippen molar-refractivity contribution in [2.24, 2.45) is 13.0 Å². The third-order valence-electron chi connectivity index (χ3n) is 5.00. The van der Waals surface area contributed by atoms with Crippen molar-refractivity contribution in [2.45, 2.75) is 44.2 Å². The number of hydrogen-bond donors (Lipinski definition) is 1. The molecule has 1 aromatic heterocycles. The summed E-state index contributed by atoms with van der Waals surface area (Å²) < 4.78 is 1.96. The number of rotatable bonds is 2. The lowest BCUT2D eigenvalue weighted by Gasteiger charge is -2.24. The van der Waals surface area contributed by atoms with E-state index in [1.165, 1.54) is 32.1 Å². The van der Waals surface area contributed by atoms with Gasteiger partial charge in [-0.25, -0.2) is 4.98 Å². The molecule has 0 bridgehead atoms. The number of benzene rings is 1. The SMILES string of the molecule is Cn1nc(-c2ccccc2)nc1C1CC2CCCCC2N1. The third-order valence-corrected chi connectivity index (χ3v) is 5.00. The molecular weight excluding hydrogens is 260 g/mol. The number of aromatic nitrogens is 3. The Morgan fingerprint density at radius 2 is 1.95 bits per heavy atom. The first kappa shape index (κ1) is 13.0. The Kier molecular flexibility index (Phi) is 3.26. The molecule has 4 rings (SSSR count). The fourth-order valence-electron chi connectivity index (χ4n) is 3.93. The van der Waals surface area contributed by atoms with Crippen LogP contribution in [0.5, 0.6) is 0 Å². The molecule has 21 heavy (non-hydrogen) atoms.